The van der Waals surface area contributed by atoms with Crippen LogP contribution in [0.1, 0.15) is 118 Å². The Labute approximate surface area is 463 Å². The third kappa shape index (κ3) is 16.9. The number of carbonyl (C=O) groups excluding carboxylic acids is 4. The Morgan fingerprint density at radius 3 is 1.52 bits per heavy atom. The fourth-order valence-electron chi connectivity index (χ4n) is 7.73. The molecule has 3 aromatic rings. The molecule has 4 aliphatic rings. The first kappa shape index (κ1) is 70.5. The minimum absolute atomic E-state index is 0. The number of esters is 1. The van der Waals surface area contributed by atoms with Gasteiger partial charge in [0, 0.05) is 20.6 Å². The molecule has 3 aliphatic carbocycles. The Bertz CT molecular complexity index is 2190. The number of aliphatic imine (C=N–C) groups is 1. The van der Waals surface area contributed by atoms with E-state index in [2.05, 4.69) is 4.99 Å². The van der Waals surface area contributed by atoms with Crippen LogP contribution in [0.4, 0.5) is 0 Å². The molecule has 0 radical (unpaired) electrons. The van der Waals surface area contributed by atoms with Crippen molar-refractivity contribution in [1.29, 1.82) is 0 Å². The number of fused-ring (bicyclic) bond motifs is 2. The zero-order chi connectivity index (χ0) is 46.9. The fourth-order valence-corrected chi connectivity index (χ4v) is 8.63. The Hall–Kier alpha value is -2.73. The second-order valence-electron chi connectivity index (χ2n) is 15.9. The average Bonchev–Trinajstić information content (AvgIpc) is 3.23. The van der Waals surface area contributed by atoms with Crippen LogP contribution in [0, 0.1) is 0 Å². The van der Waals surface area contributed by atoms with Gasteiger partial charge < -0.3 is 58.1 Å². The summed E-state index contributed by atoms with van der Waals surface area (Å²) in [4.78, 5) is 62.6. The summed E-state index contributed by atoms with van der Waals surface area (Å²) in [6.07, 6.45) is -0.420. The Kier molecular flexibility index (Phi) is 31.7. The molecule has 3 aromatic carbocycles. The number of halogens is 3. The molecule has 17 nitrogen and oxygen atoms in total. The molecule has 0 saturated heterocycles. The van der Waals surface area contributed by atoms with E-state index in [0.29, 0.717) is 76.7 Å². The van der Waals surface area contributed by atoms with Gasteiger partial charge in [-0.05, 0) is 108 Å². The topological polar surface area (TPSA) is 334 Å². The molecule has 13 N–H and O–H groups in total. The van der Waals surface area contributed by atoms with Crippen LogP contribution >= 0.6 is 34.8 Å². The van der Waals surface area contributed by atoms with Crippen LogP contribution in [0.15, 0.2) is 77.8 Å². The molecular formula is C48H70Cl3KN4O13. The number of ether oxygens (including phenoxy) is 2. The van der Waals surface area contributed by atoms with Crippen LogP contribution in [0.5, 0.6) is 0 Å². The van der Waals surface area contributed by atoms with E-state index in [1.54, 1.807) is 61.5 Å². The summed E-state index contributed by atoms with van der Waals surface area (Å²) in [6.45, 7) is 4.08. The molecule has 9 unspecified atom stereocenters. The van der Waals surface area contributed by atoms with Crippen molar-refractivity contribution in [2.24, 2.45) is 16.5 Å². The maximum absolute atomic E-state index is 12.7. The van der Waals surface area contributed by atoms with Gasteiger partial charge in [0.15, 0.2) is 29.3 Å². The number of aliphatic hydroxyl groups is 4. The molecule has 0 amide bonds. The number of aliphatic hydroxyl groups excluding tert-OH is 4. The number of carbonyl (C=O) groups is 5. The van der Waals surface area contributed by atoms with E-state index in [0.717, 1.165) is 12.8 Å². The summed E-state index contributed by atoms with van der Waals surface area (Å²) in [6, 6.07) is 21.2. The number of carboxylic acids is 1. The molecule has 7 rings (SSSR count). The molecule has 69 heavy (non-hydrogen) atoms. The van der Waals surface area contributed by atoms with Crippen molar-refractivity contribution >= 4 is 70.0 Å². The summed E-state index contributed by atoms with van der Waals surface area (Å²) in [5.41, 5.74) is 10.9. The smallest absolute Gasteiger partial charge is 0.693 e. The van der Waals surface area contributed by atoms with Gasteiger partial charge in [-0.2, -0.15) is 0 Å². The van der Waals surface area contributed by atoms with E-state index in [4.69, 9.17) is 66.0 Å². The number of rotatable bonds is 7. The standard InChI is InChI=1S/C15H18ClNO4.C15H16ClNO3.C12H14ClNO2.C3H6O3.3CH4.K.H2N.H2O/c1-9(18)14(20)21-12-7-4-8-15(17,13(12)19)10-5-2-3-6-11(10)16;1-9(18)14-17-15(10-5-2-3-6-11(10)16)8-4-7-12(20-14)13(15)19;13-9-5-2-1-4-8(9)12(14)7-3-6-10(15)11(12)16;1-2(4)3(5)6;;;;;;/h2-3,5-6,9,12,18H,4,7-8,17H2,1H3;2-3,5-6,9,12,18H,4,7-8H2,1H3;1-2,4-5,10,15H,3,6-7,14H2;2,4H,1H3,(H,5,6);3*1H4;;2*1H2/q;;;;;;;+1;-1;. The second kappa shape index (κ2) is 31.0. The van der Waals surface area contributed by atoms with Crippen molar-refractivity contribution in [1.82, 2.24) is 0 Å². The molecular weight excluding hydrogens is 986 g/mol. The Balaban J connectivity index is -0.000000863. The summed E-state index contributed by atoms with van der Waals surface area (Å²) in [5, 5.41) is 45.7. The first-order chi connectivity index (χ1) is 29.6. The number of ketones is 3. The largest absolute Gasteiger partial charge is 1.00 e. The van der Waals surface area contributed by atoms with Gasteiger partial charge in [0.2, 0.25) is 11.7 Å². The number of aliphatic carboxylic acids is 1. The van der Waals surface area contributed by atoms with E-state index in [9.17, 15) is 39.3 Å². The number of hydrogen-bond acceptors (Lipinski definition) is 14. The van der Waals surface area contributed by atoms with Crippen LogP contribution in [-0.2, 0) is 50.1 Å². The summed E-state index contributed by atoms with van der Waals surface area (Å²) < 4.78 is 10.6. The Morgan fingerprint density at radius 1 is 0.696 bits per heavy atom. The minimum atomic E-state index is -1.27. The van der Waals surface area contributed by atoms with Crippen LogP contribution in [0.2, 0.25) is 15.1 Å². The van der Waals surface area contributed by atoms with Crippen molar-refractivity contribution < 1.29 is 116 Å². The molecule has 9 atom stereocenters. The first-order valence-corrected chi connectivity index (χ1v) is 21.6. The summed E-state index contributed by atoms with van der Waals surface area (Å²) in [7, 11) is 0. The molecule has 2 bridgehead atoms. The fraction of sp³-hybridized carbons (Fsp3) is 0.500. The SMILES string of the molecule is C.C.C.CC(O)C(=O)O.CC(O)C(=O)OC1CCCC(N)(c2ccccc2Cl)C1=O.CC(O)C1=NC2(c3ccccc3Cl)CCCC(O1)C2=O.NC1(c2ccccc2Cl)CCCC(O)C1=O.O.[K+].[NH2-]. The quantitative estimate of drug-likeness (QED) is 0.131. The summed E-state index contributed by atoms with van der Waals surface area (Å²) >= 11 is 18.4. The number of benzene rings is 3. The van der Waals surface area contributed by atoms with Gasteiger partial charge in [-0.3, -0.25) is 14.4 Å². The first-order valence-electron chi connectivity index (χ1n) is 20.5. The van der Waals surface area contributed by atoms with Crippen molar-refractivity contribution in [3.05, 3.63) is 111 Å². The average molecular weight is 1060 g/mol. The van der Waals surface area contributed by atoms with Gasteiger partial charge in [-0.15, -0.1) is 0 Å². The third-order valence-electron chi connectivity index (χ3n) is 11.2. The number of nitrogens with zero attached hydrogens (tertiary/aromatic N) is 1. The van der Waals surface area contributed by atoms with E-state index in [1.165, 1.54) is 13.8 Å². The molecule has 3 saturated carbocycles. The maximum atomic E-state index is 12.7. The van der Waals surface area contributed by atoms with Crippen molar-refractivity contribution in [2.75, 3.05) is 0 Å². The molecule has 382 valence electrons. The number of Topliss-reactive ketones (excluding diaryl/α,β-unsaturated/α-hetero) is 3. The van der Waals surface area contributed by atoms with E-state index in [1.807, 2.05) is 18.2 Å². The minimum Gasteiger partial charge on any atom is -0.693 e. The normalized spacial score (nSPS) is 25.4. The monoisotopic (exact) mass is 1050 g/mol. The molecule has 1 aliphatic heterocycles. The van der Waals surface area contributed by atoms with Gasteiger partial charge >= 0.3 is 63.3 Å². The van der Waals surface area contributed by atoms with Crippen LogP contribution < -0.4 is 62.9 Å². The molecule has 0 aromatic heterocycles. The van der Waals surface area contributed by atoms with Gasteiger partial charge in [0.1, 0.15) is 35.5 Å². The van der Waals surface area contributed by atoms with Crippen LogP contribution in [0.25, 0.3) is 6.15 Å². The maximum Gasteiger partial charge on any atom is 1.00 e. The van der Waals surface area contributed by atoms with Gasteiger partial charge in [-0.1, -0.05) is 112 Å². The van der Waals surface area contributed by atoms with Crippen LogP contribution in [-0.4, -0.2) is 103 Å². The van der Waals surface area contributed by atoms with E-state index >= 15 is 0 Å². The van der Waals surface area contributed by atoms with Gasteiger partial charge in [0.05, 0.1) is 0 Å². The number of hydrogen-bond donors (Lipinski definition) is 7. The molecule has 3 fully saturated rings. The predicted octanol–water partition coefficient (Wildman–Crippen LogP) is 3.87. The second-order valence-corrected chi connectivity index (χ2v) is 17.1. The predicted molar refractivity (Wildman–Crippen MR) is 264 cm³/mol. The summed E-state index contributed by atoms with van der Waals surface area (Å²) in [5.74, 6) is -2.54. The van der Waals surface area contributed by atoms with Crippen molar-refractivity contribution in [3.8, 4) is 0 Å². The number of carboxylic acid groups (broad SMARTS) is 1. The van der Waals surface area contributed by atoms with Crippen molar-refractivity contribution in [2.45, 2.75) is 154 Å². The Morgan fingerprint density at radius 2 is 1.10 bits per heavy atom. The third-order valence-corrected chi connectivity index (χ3v) is 12.2. The zero-order valence-corrected chi connectivity index (χ0v) is 42.6. The van der Waals surface area contributed by atoms with Gasteiger partial charge in [-0.25, -0.2) is 14.6 Å². The van der Waals surface area contributed by atoms with Gasteiger partial charge in [0.25, 0.3) is 0 Å². The van der Waals surface area contributed by atoms with Crippen LogP contribution in [0.3, 0.4) is 0 Å². The molecule has 1 heterocycles. The van der Waals surface area contributed by atoms with E-state index < -0.39 is 65.2 Å². The number of nitrogens with two attached hydrogens (primary N) is 3. The zero-order valence-electron chi connectivity index (χ0n) is 37.2. The molecule has 21 heteroatoms. The van der Waals surface area contributed by atoms with E-state index in [-0.39, 0.29) is 109 Å². The molecule has 0 spiro atoms. The van der Waals surface area contributed by atoms with Crippen molar-refractivity contribution in [3.63, 3.8) is 0 Å².